The molecule has 7 heteroatoms. The summed E-state index contributed by atoms with van der Waals surface area (Å²) in [6, 6.07) is 0.286. The lowest BCUT2D eigenvalue weighted by Crippen LogP contribution is -2.35. The van der Waals surface area contributed by atoms with E-state index in [4.69, 9.17) is 0 Å². The molecule has 16 heavy (non-hydrogen) atoms. The normalized spacial score (nSPS) is 14.8. The molecule has 0 aromatic carbocycles. The zero-order valence-electron chi connectivity index (χ0n) is 9.77. The van der Waals surface area contributed by atoms with Gasteiger partial charge < -0.3 is 5.32 Å². The van der Waals surface area contributed by atoms with E-state index in [9.17, 15) is 9.59 Å². The Bertz CT molecular complexity index is 467. The van der Waals surface area contributed by atoms with Crippen LogP contribution in [0.4, 0.5) is 0 Å². The van der Waals surface area contributed by atoms with Crippen LogP contribution >= 0.6 is 11.8 Å². The van der Waals surface area contributed by atoms with Crippen LogP contribution in [0.25, 0.3) is 0 Å². The molecule has 2 atom stereocenters. The van der Waals surface area contributed by atoms with Crippen LogP contribution in [0.1, 0.15) is 13.8 Å². The number of aryl methyl sites for hydroxylation is 1. The fourth-order valence-corrected chi connectivity index (χ4v) is 2.08. The molecule has 0 aliphatic heterocycles. The van der Waals surface area contributed by atoms with E-state index >= 15 is 0 Å². The van der Waals surface area contributed by atoms with Crippen molar-refractivity contribution in [3.8, 4) is 0 Å². The highest BCUT2D eigenvalue weighted by atomic mass is 32.2. The average Bonchev–Trinajstić information content (AvgIpc) is 2.24. The molecular weight excluding hydrogens is 228 g/mol. The molecule has 1 heterocycles. The van der Waals surface area contributed by atoms with Gasteiger partial charge in [-0.05, 0) is 14.0 Å². The minimum Gasteiger partial charge on any atom is -0.316 e. The number of nitrogens with zero attached hydrogens (tertiary/aromatic N) is 2. The van der Waals surface area contributed by atoms with Gasteiger partial charge in [-0.25, -0.2) is 0 Å². The van der Waals surface area contributed by atoms with Crippen molar-refractivity contribution in [2.75, 3.05) is 7.05 Å². The Morgan fingerprint density at radius 1 is 1.44 bits per heavy atom. The van der Waals surface area contributed by atoms with Crippen molar-refractivity contribution >= 4 is 11.8 Å². The Morgan fingerprint density at radius 2 is 2.06 bits per heavy atom. The van der Waals surface area contributed by atoms with Crippen LogP contribution in [0.15, 0.2) is 14.7 Å². The van der Waals surface area contributed by atoms with E-state index in [1.54, 1.807) is 7.05 Å². The first-order valence-corrected chi connectivity index (χ1v) is 5.85. The third-order valence-electron chi connectivity index (χ3n) is 2.40. The van der Waals surface area contributed by atoms with Crippen LogP contribution in [-0.2, 0) is 7.05 Å². The van der Waals surface area contributed by atoms with E-state index in [0.717, 1.165) is 0 Å². The van der Waals surface area contributed by atoms with Crippen LogP contribution in [0.3, 0.4) is 0 Å². The van der Waals surface area contributed by atoms with Crippen LogP contribution in [0.2, 0.25) is 0 Å². The molecule has 1 aromatic rings. The maximum Gasteiger partial charge on any atom is 0.339 e. The second-order valence-electron chi connectivity index (χ2n) is 3.60. The van der Waals surface area contributed by atoms with Gasteiger partial charge >= 0.3 is 11.1 Å². The van der Waals surface area contributed by atoms with Gasteiger partial charge in [0.05, 0.1) is 0 Å². The van der Waals surface area contributed by atoms with Gasteiger partial charge in [0, 0.05) is 18.3 Å². The van der Waals surface area contributed by atoms with E-state index in [1.807, 2.05) is 20.9 Å². The molecule has 90 valence electrons. The van der Waals surface area contributed by atoms with Crippen LogP contribution < -0.4 is 16.4 Å². The van der Waals surface area contributed by atoms with Crippen molar-refractivity contribution in [2.24, 2.45) is 7.05 Å². The van der Waals surface area contributed by atoms with Crippen LogP contribution in [0, 0.1) is 0 Å². The summed E-state index contributed by atoms with van der Waals surface area (Å²) >= 11 is 1.44. The fourth-order valence-electron chi connectivity index (χ4n) is 1.07. The first-order chi connectivity index (χ1) is 7.45. The minimum absolute atomic E-state index is 0.244. The molecule has 0 saturated carbocycles. The highest BCUT2D eigenvalue weighted by molar-refractivity contribution is 7.99. The summed E-state index contributed by atoms with van der Waals surface area (Å²) in [5, 5.41) is 6.29. The SMILES string of the molecule is CNC(C)C(C)Sc1nc(=O)c(=O)[nH]n1C. The van der Waals surface area contributed by atoms with Gasteiger partial charge in [0.1, 0.15) is 0 Å². The summed E-state index contributed by atoms with van der Waals surface area (Å²) in [5.74, 6) is 0. The van der Waals surface area contributed by atoms with Crippen molar-refractivity contribution in [1.82, 2.24) is 20.1 Å². The number of rotatable bonds is 4. The maximum atomic E-state index is 11.1. The lowest BCUT2D eigenvalue weighted by atomic mass is 10.3. The fraction of sp³-hybridized carbons (Fsp3) is 0.667. The Labute approximate surface area is 97.5 Å². The lowest BCUT2D eigenvalue weighted by Gasteiger charge is -2.18. The summed E-state index contributed by atoms with van der Waals surface area (Å²) in [6.45, 7) is 4.07. The molecule has 0 aliphatic carbocycles. The van der Waals surface area contributed by atoms with Crippen LogP contribution in [0.5, 0.6) is 0 Å². The van der Waals surface area contributed by atoms with Crippen molar-refractivity contribution in [1.29, 1.82) is 0 Å². The quantitative estimate of drug-likeness (QED) is 0.554. The molecule has 2 unspecified atom stereocenters. The number of hydrogen-bond acceptors (Lipinski definition) is 5. The second-order valence-corrected chi connectivity index (χ2v) is 4.94. The first kappa shape index (κ1) is 13.0. The van der Waals surface area contributed by atoms with Crippen molar-refractivity contribution < 1.29 is 0 Å². The van der Waals surface area contributed by atoms with Gasteiger partial charge in [0.25, 0.3) is 0 Å². The van der Waals surface area contributed by atoms with Gasteiger partial charge in [-0.2, -0.15) is 4.98 Å². The van der Waals surface area contributed by atoms with Crippen molar-refractivity contribution in [3.05, 3.63) is 20.7 Å². The Kier molecular flexibility index (Phi) is 4.31. The number of hydrogen-bond donors (Lipinski definition) is 2. The predicted octanol–water partition coefficient (Wildman–Crippen LogP) is -0.443. The third kappa shape index (κ3) is 2.96. The number of H-pyrrole nitrogens is 1. The van der Waals surface area contributed by atoms with Gasteiger partial charge in [-0.15, -0.1) is 0 Å². The molecule has 0 bridgehead atoms. The molecule has 2 N–H and O–H groups in total. The van der Waals surface area contributed by atoms with Crippen molar-refractivity contribution in [3.63, 3.8) is 0 Å². The highest BCUT2D eigenvalue weighted by Gasteiger charge is 2.14. The average molecular weight is 244 g/mol. The Balaban J connectivity index is 2.94. The maximum absolute atomic E-state index is 11.1. The second kappa shape index (κ2) is 5.31. The summed E-state index contributed by atoms with van der Waals surface area (Å²) in [4.78, 5) is 25.8. The van der Waals surface area contributed by atoms with Crippen molar-refractivity contribution in [2.45, 2.75) is 30.3 Å². The number of nitrogens with one attached hydrogen (secondary N) is 2. The zero-order valence-corrected chi connectivity index (χ0v) is 10.6. The number of aromatic nitrogens is 3. The summed E-state index contributed by atoms with van der Waals surface area (Å²) < 4.78 is 1.47. The standard InChI is InChI=1S/C9H16N4O2S/c1-5(10-3)6(2)16-9-11-7(14)8(15)12-13(9)4/h5-6,10H,1-4H3,(H,12,15). The third-order valence-corrected chi connectivity index (χ3v) is 3.75. The van der Waals surface area contributed by atoms with Gasteiger partial charge in [-0.1, -0.05) is 18.7 Å². The molecule has 0 radical (unpaired) electrons. The molecule has 0 aliphatic rings. The number of thioether (sulfide) groups is 1. The molecule has 6 nitrogen and oxygen atoms in total. The largest absolute Gasteiger partial charge is 0.339 e. The van der Waals surface area contributed by atoms with E-state index < -0.39 is 11.1 Å². The summed E-state index contributed by atoms with van der Waals surface area (Å²) in [5.41, 5.74) is -1.44. The molecular formula is C9H16N4O2S. The lowest BCUT2D eigenvalue weighted by molar-refractivity contribution is 0.579. The monoisotopic (exact) mass is 244 g/mol. The van der Waals surface area contributed by atoms with E-state index in [0.29, 0.717) is 5.16 Å². The first-order valence-electron chi connectivity index (χ1n) is 4.97. The molecule has 1 aromatic heterocycles. The molecule has 0 saturated heterocycles. The van der Waals surface area contributed by atoms with E-state index in [-0.39, 0.29) is 11.3 Å². The van der Waals surface area contributed by atoms with E-state index in [2.05, 4.69) is 15.4 Å². The van der Waals surface area contributed by atoms with Gasteiger partial charge in [0.2, 0.25) is 0 Å². The van der Waals surface area contributed by atoms with Gasteiger partial charge in [0.15, 0.2) is 5.16 Å². The smallest absolute Gasteiger partial charge is 0.316 e. The topological polar surface area (TPSA) is 79.8 Å². The summed E-state index contributed by atoms with van der Waals surface area (Å²) in [7, 11) is 3.54. The Hall–Kier alpha value is -1.08. The van der Waals surface area contributed by atoms with E-state index in [1.165, 1.54) is 16.4 Å². The van der Waals surface area contributed by atoms with Gasteiger partial charge in [-0.3, -0.25) is 19.4 Å². The van der Waals surface area contributed by atoms with Crippen LogP contribution in [-0.4, -0.2) is 33.1 Å². The highest BCUT2D eigenvalue weighted by Crippen LogP contribution is 2.20. The minimum atomic E-state index is -0.745. The summed E-state index contributed by atoms with van der Waals surface area (Å²) in [6.07, 6.45) is 0. The Morgan fingerprint density at radius 3 is 2.62 bits per heavy atom. The molecule has 0 amide bonds. The molecule has 0 spiro atoms. The number of aromatic amines is 1. The molecule has 0 fully saturated rings. The zero-order chi connectivity index (χ0) is 12.3. The predicted molar refractivity (Wildman–Crippen MR) is 63.9 cm³/mol. The molecule has 1 rings (SSSR count).